The number of guanidine groups is 1. The van der Waals surface area contributed by atoms with Crippen LogP contribution in [0.25, 0.3) is 0 Å². The van der Waals surface area contributed by atoms with Crippen molar-refractivity contribution in [1.82, 2.24) is 58.5 Å². The lowest BCUT2D eigenvalue weighted by molar-refractivity contribution is -0.165. The normalized spacial score (nSPS) is 15.6. The highest BCUT2D eigenvalue weighted by Gasteiger charge is 2.44. The van der Waals surface area contributed by atoms with Crippen LogP contribution >= 0.6 is 0 Å². The van der Waals surface area contributed by atoms with E-state index in [2.05, 4.69) is 63.5 Å². The van der Waals surface area contributed by atoms with Crippen molar-refractivity contribution in [2.45, 2.75) is 285 Å². The summed E-state index contributed by atoms with van der Waals surface area (Å²) < 4.78 is 28.7. The number of alkyl carbamates (subject to hydrolysis) is 2. The molecule has 0 aliphatic heterocycles. The monoisotopic (exact) mass is 1680 g/mol. The summed E-state index contributed by atoms with van der Waals surface area (Å²) >= 11 is 0. The number of nitrogens with two attached hydrogens (primary N) is 3. The van der Waals surface area contributed by atoms with Crippen LogP contribution < -0.4 is 75.7 Å². The molecule has 12 amide bonds. The highest BCUT2D eigenvalue weighted by molar-refractivity contribution is 6.76. The summed E-state index contributed by atoms with van der Waals surface area (Å²) in [7, 11) is -1.93. The van der Waals surface area contributed by atoms with E-state index in [9.17, 15) is 77.6 Å². The summed E-state index contributed by atoms with van der Waals surface area (Å²) in [6, 6.07) is 0.0431. The summed E-state index contributed by atoms with van der Waals surface area (Å²) in [5.74, 6) is -16.0. The van der Waals surface area contributed by atoms with Gasteiger partial charge in [0.25, 0.3) is 0 Å². The van der Waals surface area contributed by atoms with Gasteiger partial charge in [0, 0.05) is 14.6 Å². The van der Waals surface area contributed by atoms with Crippen LogP contribution in [0.2, 0.25) is 25.7 Å². The Bertz CT molecular complexity index is 3640. The second-order valence-electron chi connectivity index (χ2n) is 34.1. The number of carbonyl (C=O) groups is 14. The van der Waals surface area contributed by atoms with Crippen LogP contribution in [0.15, 0.2) is 65.7 Å². The van der Waals surface area contributed by atoms with E-state index in [-0.39, 0.29) is 87.6 Å². The smallest absolute Gasteiger partial charge is 0.408 e. The van der Waals surface area contributed by atoms with Crippen molar-refractivity contribution in [3.8, 4) is 0 Å². The fraction of sp³-hybridized carbons (Fsp3) is 0.662. The number of benzene rings is 2. The molecule has 0 radical (unpaired) electrons. The van der Waals surface area contributed by atoms with Crippen LogP contribution in [0.3, 0.4) is 0 Å². The van der Waals surface area contributed by atoms with Gasteiger partial charge in [-0.25, -0.2) is 19.2 Å². The second kappa shape index (κ2) is 50.0. The third kappa shape index (κ3) is 39.9. The molecule has 0 aromatic heterocycles. The molecule has 0 spiro atoms. The minimum absolute atomic E-state index is 0.0195. The topological polar surface area (TPSA) is 569 Å². The second-order valence-corrected chi connectivity index (χ2v) is 39.7. The number of aliphatic hydroxyl groups is 3. The van der Waals surface area contributed by atoms with Gasteiger partial charge in [-0.15, -0.1) is 0 Å². The SMILES string of the molecule is CC[C@H](C)[C@H](NC(=O)[C@@H](CCCN=C(N)N)NC(=O)[C@H](CC(C)C)NC(=O)[C@@H](NC(=O)OC(C)(C)C)[C@H](O)C(C)C)C(=O)N[C@H](C(=O)NCC(=O)N[C@H](C(=O)NC(COC(C)(C)C)C(=O)O[C@H](c1ccccc1)[C@H](NC(=O)[C@H](CC(C)C)NC(=O)[C@@H](CC(C)C)NC(=O)OCc1ccccc1)C(=O)OCC[Si](C)(C)C)[C@H](O)C(N)=O)C(C)O. The third-order valence-electron chi connectivity index (χ3n) is 17.9. The van der Waals surface area contributed by atoms with Gasteiger partial charge in [0.2, 0.25) is 59.1 Å². The molecule has 2 aromatic rings. The number of rotatable bonds is 49. The fourth-order valence-electron chi connectivity index (χ4n) is 11.3. The average molecular weight is 1690 g/mol. The van der Waals surface area contributed by atoms with Gasteiger partial charge >= 0.3 is 24.1 Å². The van der Waals surface area contributed by atoms with E-state index in [0.717, 1.165) is 6.92 Å². The van der Waals surface area contributed by atoms with Crippen LogP contribution in [0.4, 0.5) is 9.59 Å². The number of esters is 2. The summed E-state index contributed by atoms with van der Waals surface area (Å²) in [6.07, 6.45) is -9.38. The van der Waals surface area contributed by atoms with E-state index in [1.54, 1.807) is 133 Å². The molecule has 2 rings (SSSR count). The van der Waals surface area contributed by atoms with E-state index < -0.39 is 212 Å². The first-order valence-corrected chi connectivity index (χ1v) is 43.6. The molecule has 0 heterocycles. The predicted molar refractivity (Wildman–Crippen MR) is 441 cm³/mol. The number of amides is 12. The number of primary amides is 1. The minimum Gasteiger partial charge on any atom is -0.464 e. The molecular formula is C80H133N15O22Si. The Hall–Kier alpha value is -10.1. The van der Waals surface area contributed by atoms with Crippen LogP contribution in [0.1, 0.15) is 173 Å². The molecular weight excluding hydrogens is 1550 g/mol. The van der Waals surface area contributed by atoms with E-state index >= 15 is 4.79 Å². The Morgan fingerprint density at radius 2 is 0.975 bits per heavy atom. The zero-order chi connectivity index (χ0) is 89.9. The van der Waals surface area contributed by atoms with E-state index in [0.29, 0.717) is 11.6 Å². The molecule has 2 aromatic carbocycles. The molecule has 0 saturated carbocycles. The van der Waals surface area contributed by atoms with Gasteiger partial charge in [-0.2, -0.15) is 0 Å². The summed E-state index contributed by atoms with van der Waals surface area (Å²) in [6.45, 7) is 31.7. The maximum Gasteiger partial charge on any atom is 0.408 e. The lowest BCUT2D eigenvalue weighted by Gasteiger charge is -2.32. The van der Waals surface area contributed by atoms with E-state index in [1.165, 1.54) is 24.3 Å². The van der Waals surface area contributed by atoms with Crippen LogP contribution in [-0.4, -0.2) is 229 Å². The quantitative estimate of drug-likeness (QED) is 0.0112. The number of ether oxygens (including phenoxy) is 5. The molecule has 0 aliphatic rings. The van der Waals surface area contributed by atoms with Crippen molar-refractivity contribution < 1.29 is 106 Å². The first kappa shape index (κ1) is 104. The van der Waals surface area contributed by atoms with Crippen molar-refractivity contribution in [2.24, 2.45) is 51.8 Å². The van der Waals surface area contributed by atoms with Gasteiger partial charge < -0.3 is 115 Å². The van der Waals surface area contributed by atoms with Crippen LogP contribution in [0, 0.1) is 29.6 Å². The zero-order valence-corrected chi connectivity index (χ0v) is 73.0. The summed E-state index contributed by atoms with van der Waals surface area (Å²) in [5.41, 5.74) is 15.3. The Kier molecular flexibility index (Phi) is 44.1. The molecule has 2 unspecified atom stereocenters. The van der Waals surface area contributed by atoms with Crippen molar-refractivity contribution >= 4 is 97.2 Å². The van der Waals surface area contributed by atoms with Gasteiger partial charge in [-0.05, 0) is 127 Å². The number of aliphatic imine (C=N–C) groups is 1. The van der Waals surface area contributed by atoms with Crippen molar-refractivity contribution in [3.05, 3.63) is 71.8 Å². The van der Waals surface area contributed by atoms with Gasteiger partial charge in [0.1, 0.15) is 60.5 Å². The van der Waals surface area contributed by atoms with E-state index in [1.807, 2.05) is 33.5 Å². The first-order valence-electron chi connectivity index (χ1n) is 39.9. The third-order valence-corrected chi connectivity index (χ3v) is 19.6. The minimum atomic E-state index is -2.57. The molecule has 37 nitrogen and oxygen atoms in total. The number of hydrogen-bond donors (Lipinski definition) is 17. The Balaban J connectivity index is 2.62. The Morgan fingerprint density at radius 1 is 0.500 bits per heavy atom. The molecule has 0 saturated heterocycles. The lowest BCUT2D eigenvalue weighted by atomic mass is 9.96. The molecule has 38 heteroatoms. The van der Waals surface area contributed by atoms with Gasteiger partial charge in [0.15, 0.2) is 30.3 Å². The average Bonchev–Trinajstić information content (AvgIpc) is 0.820. The highest BCUT2D eigenvalue weighted by Crippen LogP contribution is 2.26. The number of aliphatic hydroxyl groups excluding tert-OH is 3. The molecule has 664 valence electrons. The number of hydrogen-bond acceptors (Lipinski definition) is 23. The largest absolute Gasteiger partial charge is 0.464 e. The maximum absolute atomic E-state index is 15.0. The molecule has 15 atom stereocenters. The van der Waals surface area contributed by atoms with Gasteiger partial charge in [-0.1, -0.05) is 156 Å². The molecule has 20 N–H and O–H groups in total. The highest BCUT2D eigenvalue weighted by atomic mass is 28.3. The molecule has 0 aliphatic carbocycles. The number of carbonyl (C=O) groups excluding carboxylic acids is 14. The Labute approximate surface area is 693 Å². The van der Waals surface area contributed by atoms with Gasteiger partial charge in [-0.3, -0.25) is 52.9 Å². The summed E-state index contributed by atoms with van der Waals surface area (Å²) in [4.78, 5) is 202. The standard InChI is InChI=1S/C80H133N15O22Si/c1-21-47(10)57(92-66(101)51(33-28-34-84-76(82)83)86-67(102)52(37-43(2)3)88-72(107)59(62(98)46(8)9)95-78(112)117-80(15,16)17)71(106)93-58(48(11)96)70(105)85-40-56(97)91-60(63(99)65(81)100)73(108)89-55(42-115-79(12,13)14)74(109)116-64(50-31-26-23-27-32-50)61(75(110)113-35-36-118(18,19)20)94-69(104)53(38-44(4)5)87-68(103)54(39-45(6)7)90-77(111)114-41-49-29-24-22-25-30-49/h22-27,29-32,43-48,51-55,57-64,96,98-99H,21,28,33-42H2,1-20H3,(H2,81,100)(H,85,105)(H,86,102)(H,87,103)(H,88,107)(H,89,108)(H,90,111)(H,91,97)(H,92,101)(H,93,106)(H,94,104)(H,95,112)(H4,82,83,84)/t47-,48?,51+,52-,53-,54+,55?,57-,58-,59-,60-,61-,62+,63-,64+/m0/s1. The molecule has 118 heavy (non-hydrogen) atoms. The predicted octanol–water partition coefficient (Wildman–Crippen LogP) is 1.63. The van der Waals surface area contributed by atoms with Crippen molar-refractivity contribution in [1.29, 1.82) is 0 Å². The molecule has 0 bridgehead atoms. The maximum atomic E-state index is 15.0. The molecule has 0 fully saturated rings. The number of nitrogens with one attached hydrogen (secondary N) is 11. The van der Waals surface area contributed by atoms with Gasteiger partial charge in [0.05, 0.1) is 37.6 Å². The zero-order valence-electron chi connectivity index (χ0n) is 72.0. The fourth-order valence-corrected chi connectivity index (χ4v) is 12.0. The van der Waals surface area contributed by atoms with E-state index in [4.69, 9.17) is 40.9 Å². The Morgan fingerprint density at radius 3 is 1.47 bits per heavy atom. The van der Waals surface area contributed by atoms with Crippen LogP contribution in [-0.2, 0) is 87.8 Å². The van der Waals surface area contributed by atoms with Crippen molar-refractivity contribution in [3.63, 3.8) is 0 Å². The number of nitrogens with zero attached hydrogens (tertiary/aromatic N) is 1. The summed E-state index contributed by atoms with van der Waals surface area (Å²) in [5, 5.41) is 60.6. The van der Waals surface area contributed by atoms with Crippen LogP contribution in [0.5, 0.6) is 0 Å². The van der Waals surface area contributed by atoms with Crippen molar-refractivity contribution in [2.75, 3.05) is 26.3 Å². The lowest BCUT2D eigenvalue weighted by Crippen LogP contribution is -2.62. The first-order chi connectivity index (χ1) is 54.7.